The molecule has 28 heavy (non-hydrogen) atoms. The molecule has 0 amide bonds. The summed E-state index contributed by atoms with van der Waals surface area (Å²) in [7, 11) is 4.20. The van der Waals surface area contributed by atoms with Crippen LogP contribution in [0.5, 0.6) is 0 Å². The van der Waals surface area contributed by atoms with Crippen LogP contribution in [0.1, 0.15) is 6.42 Å². The maximum atomic E-state index is 5.02. The van der Waals surface area contributed by atoms with E-state index >= 15 is 0 Å². The predicted octanol–water partition coefficient (Wildman–Crippen LogP) is 5.58. The zero-order valence-electron chi connectivity index (χ0n) is 16.1. The standard InChI is InChI=1S/C23H23BrN4/c1-28(2)14-6-12-25-20-11-13-26-23-18-15-17(24)9-10-19(18)27-22(21(20)23)16-7-4-3-5-8-16/h3-5,7-11,13,15H,6,12,14H2,1-2H3,(H,25,26). The van der Waals surface area contributed by atoms with Gasteiger partial charge in [-0.2, -0.15) is 0 Å². The van der Waals surface area contributed by atoms with Crippen molar-refractivity contribution in [3.8, 4) is 11.3 Å². The Kier molecular flexibility index (Phi) is 5.55. The minimum Gasteiger partial charge on any atom is -0.384 e. The molecule has 5 heteroatoms. The molecule has 0 aliphatic heterocycles. The first-order chi connectivity index (χ1) is 13.6. The first-order valence-corrected chi connectivity index (χ1v) is 10.2. The number of fused-ring (bicyclic) bond motifs is 3. The van der Waals surface area contributed by atoms with Crippen LogP contribution < -0.4 is 5.32 Å². The summed E-state index contributed by atoms with van der Waals surface area (Å²) >= 11 is 3.59. The summed E-state index contributed by atoms with van der Waals surface area (Å²) < 4.78 is 1.03. The van der Waals surface area contributed by atoms with Gasteiger partial charge in [0, 0.05) is 33.9 Å². The van der Waals surface area contributed by atoms with Gasteiger partial charge in [-0.15, -0.1) is 0 Å². The molecule has 0 radical (unpaired) electrons. The molecule has 0 saturated heterocycles. The number of benzene rings is 2. The van der Waals surface area contributed by atoms with Crippen molar-refractivity contribution in [2.45, 2.75) is 6.42 Å². The van der Waals surface area contributed by atoms with Gasteiger partial charge in [0.05, 0.1) is 22.1 Å². The van der Waals surface area contributed by atoms with E-state index in [2.05, 4.69) is 76.6 Å². The Morgan fingerprint density at radius 3 is 2.64 bits per heavy atom. The molecule has 142 valence electrons. The monoisotopic (exact) mass is 434 g/mol. The lowest BCUT2D eigenvalue weighted by molar-refractivity contribution is 0.405. The maximum absolute atomic E-state index is 5.02. The van der Waals surface area contributed by atoms with Gasteiger partial charge in [-0.25, -0.2) is 4.98 Å². The fourth-order valence-electron chi connectivity index (χ4n) is 3.45. The van der Waals surface area contributed by atoms with Crippen LogP contribution in [0, 0.1) is 0 Å². The highest BCUT2D eigenvalue weighted by Gasteiger charge is 2.15. The molecule has 4 nitrogen and oxygen atoms in total. The molecule has 0 aliphatic rings. The van der Waals surface area contributed by atoms with Gasteiger partial charge < -0.3 is 10.2 Å². The molecule has 0 unspecified atom stereocenters. The normalized spacial score (nSPS) is 11.4. The summed E-state index contributed by atoms with van der Waals surface area (Å²) in [6.45, 7) is 1.96. The number of hydrogen-bond donors (Lipinski definition) is 1. The highest BCUT2D eigenvalue weighted by molar-refractivity contribution is 9.10. The van der Waals surface area contributed by atoms with Crippen LogP contribution >= 0.6 is 15.9 Å². The molecule has 0 bridgehead atoms. The molecular weight excluding hydrogens is 412 g/mol. The van der Waals surface area contributed by atoms with Gasteiger partial charge in [-0.3, -0.25) is 4.98 Å². The van der Waals surface area contributed by atoms with E-state index in [1.807, 2.05) is 24.4 Å². The summed E-state index contributed by atoms with van der Waals surface area (Å²) in [6.07, 6.45) is 2.95. The molecule has 1 N–H and O–H groups in total. The van der Waals surface area contributed by atoms with Crippen LogP contribution in [0.2, 0.25) is 0 Å². The quantitative estimate of drug-likeness (QED) is 0.317. The summed E-state index contributed by atoms with van der Waals surface area (Å²) in [6, 6.07) is 18.6. The van der Waals surface area contributed by atoms with Crippen molar-refractivity contribution in [3.63, 3.8) is 0 Å². The van der Waals surface area contributed by atoms with Crippen LogP contribution in [0.4, 0.5) is 5.69 Å². The van der Waals surface area contributed by atoms with Crippen LogP contribution in [0.3, 0.4) is 0 Å². The fraction of sp³-hybridized carbons (Fsp3) is 0.217. The summed E-state index contributed by atoms with van der Waals surface area (Å²) in [5, 5.41) is 5.74. The van der Waals surface area contributed by atoms with E-state index in [4.69, 9.17) is 9.97 Å². The van der Waals surface area contributed by atoms with E-state index in [0.717, 1.165) is 62.7 Å². The van der Waals surface area contributed by atoms with Gasteiger partial charge in [0.1, 0.15) is 0 Å². The third kappa shape index (κ3) is 3.86. The highest BCUT2D eigenvalue weighted by Crippen LogP contribution is 2.36. The van der Waals surface area contributed by atoms with Crippen molar-refractivity contribution >= 4 is 43.4 Å². The summed E-state index contributed by atoms with van der Waals surface area (Å²) in [5.74, 6) is 0. The summed E-state index contributed by atoms with van der Waals surface area (Å²) in [5.41, 5.74) is 5.07. The van der Waals surface area contributed by atoms with E-state index in [9.17, 15) is 0 Å². The van der Waals surface area contributed by atoms with Crippen LogP contribution in [-0.4, -0.2) is 42.1 Å². The van der Waals surface area contributed by atoms with Crippen LogP contribution in [0.25, 0.3) is 33.1 Å². The minimum atomic E-state index is 0.905. The largest absolute Gasteiger partial charge is 0.384 e. The molecule has 2 aromatic carbocycles. The fourth-order valence-corrected chi connectivity index (χ4v) is 3.81. The van der Waals surface area contributed by atoms with E-state index in [-0.39, 0.29) is 0 Å². The number of hydrogen-bond acceptors (Lipinski definition) is 4. The van der Waals surface area contributed by atoms with Crippen molar-refractivity contribution < 1.29 is 0 Å². The Morgan fingerprint density at radius 2 is 1.86 bits per heavy atom. The van der Waals surface area contributed by atoms with Gasteiger partial charge in [0.25, 0.3) is 0 Å². The number of halogens is 1. The average Bonchev–Trinajstić information content (AvgIpc) is 2.71. The van der Waals surface area contributed by atoms with Gasteiger partial charge in [0.15, 0.2) is 0 Å². The smallest absolute Gasteiger partial charge is 0.0839 e. The Labute approximate surface area is 173 Å². The van der Waals surface area contributed by atoms with Crippen molar-refractivity contribution in [2.75, 3.05) is 32.5 Å². The summed E-state index contributed by atoms with van der Waals surface area (Å²) in [4.78, 5) is 12.0. The van der Waals surface area contributed by atoms with E-state index < -0.39 is 0 Å². The molecule has 2 heterocycles. The number of pyridine rings is 2. The van der Waals surface area contributed by atoms with Crippen molar-refractivity contribution in [3.05, 3.63) is 65.3 Å². The molecule has 4 aromatic rings. The second kappa shape index (κ2) is 8.25. The second-order valence-electron chi connectivity index (χ2n) is 7.15. The van der Waals surface area contributed by atoms with E-state index in [1.54, 1.807) is 0 Å². The van der Waals surface area contributed by atoms with Crippen LogP contribution in [0.15, 0.2) is 65.3 Å². The number of anilines is 1. The third-order valence-electron chi connectivity index (χ3n) is 4.78. The molecule has 0 aliphatic carbocycles. The van der Waals surface area contributed by atoms with Crippen molar-refractivity contribution in [1.82, 2.24) is 14.9 Å². The first-order valence-electron chi connectivity index (χ1n) is 9.45. The van der Waals surface area contributed by atoms with Gasteiger partial charge in [0.2, 0.25) is 0 Å². The average molecular weight is 435 g/mol. The number of nitrogens with one attached hydrogen (secondary N) is 1. The van der Waals surface area contributed by atoms with Gasteiger partial charge in [-0.1, -0.05) is 46.3 Å². The van der Waals surface area contributed by atoms with E-state index in [0.29, 0.717) is 0 Å². The number of nitrogens with zero attached hydrogens (tertiary/aromatic N) is 3. The Hall–Kier alpha value is -2.50. The molecular formula is C23H23BrN4. The lowest BCUT2D eigenvalue weighted by Crippen LogP contribution is -2.16. The van der Waals surface area contributed by atoms with Gasteiger partial charge >= 0.3 is 0 Å². The van der Waals surface area contributed by atoms with Gasteiger partial charge in [-0.05, 0) is 51.3 Å². The molecule has 2 aromatic heterocycles. The van der Waals surface area contributed by atoms with Crippen LogP contribution in [-0.2, 0) is 0 Å². The van der Waals surface area contributed by atoms with E-state index in [1.165, 1.54) is 0 Å². The number of rotatable bonds is 6. The third-order valence-corrected chi connectivity index (χ3v) is 5.27. The predicted molar refractivity (Wildman–Crippen MR) is 122 cm³/mol. The SMILES string of the molecule is CN(C)CCCNc1ccnc2c1c(-c1ccccc1)nc1ccc(Br)cc12. The minimum absolute atomic E-state index is 0.905. The topological polar surface area (TPSA) is 41.0 Å². The zero-order chi connectivity index (χ0) is 19.5. The molecule has 4 rings (SSSR count). The molecule has 0 saturated carbocycles. The first kappa shape index (κ1) is 18.8. The lowest BCUT2D eigenvalue weighted by atomic mass is 10.0. The highest BCUT2D eigenvalue weighted by atomic mass is 79.9. The molecule has 0 fully saturated rings. The second-order valence-corrected chi connectivity index (χ2v) is 8.07. The maximum Gasteiger partial charge on any atom is 0.0839 e. The zero-order valence-corrected chi connectivity index (χ0v) is 17.7. The molecule has 0 spiro atoms. The Balaban J connectivity index is 1.90. The molecule has 0 atom stereocenters. The van der Waals surface area contributed by atoms with Crippen molar-refractivity contribution in [1.29, 1.82) is 0 Å². The Bertz CT molecular complexity index is 1110. The Morgan fingerprint density at radius 1 is 1.04 bits per heavy atom. The van der Waals surface area contributed by atoms with Crippen molar-refractivity contribution in [2.24, 2.45) is 0 Å². The lowest BCUT2D eigenvalue weighted by Gasteiger charge is -2.15. The number of aromatic nitrogens is 2.